The molecule has 0 unspecified atom stereocenters. The summed E-state index contributed by atoms with van der Waals surface area (Å²) in [5.74, 6) is -0.306. The number of carbonyl (C=O) groups is 1. The van der Waals surface area contributed by atoms with Crippen LogP contribution in [0.3, 0.4) is 0 Å². The number of rotatable bonds is 2. The second-order valence-corrected chi connectivity index (χ2v) is 4.46. The SMILES string of the molecule is CN(C)C1CN(C(=O)Nc2ccc(F)cc2)C1. The average Bonchev–Trinajstić information content (AvgIpc) is 2.18. The van der Waals surface area contributed by atoms with Gasteiger partial charge in [0.1, 0.15) is 5.82 Å². The summed E-state index contributed by atoms with van der Waals surface area (Å²) in [6, 6.07) is 6.07. The molecular weight excluding hydrogens is 221 g/mol. The maximum Gasteiger partial charge on any atom is 0.321 e. The molecular formula is C12H16FN3O. The molecule has 5 heteroatoms. The second kappa shape index (κ2) is 4.71. The van der Waals surface area contributed by atoms with Crippen LogP contribution in [0.5, 0.6) is 0 Å². The van der Waals surface area contributed by atoms with Crippen molar-refractivity contribution >= 4 is 11.7 Å². The molecule has 1 aliphatic rings. The highest BCUT2D eigenvalue weighted by atomic mass is 19.1. The summed E-state index contributed by atoms with van der Waals surface area (Å²) in [7, 11) is 4.00. The minimum Gasteiger partial charge on any atom is -0.321 e. The second-order valence-electron chi connectivity index (χ2n) is 4.46. The van der Waals surface area contributed by atoms with Gasteiger partial charge in [-0.25, -0.2) is 9.18 Å². The standard InChI is InChI=1S/C12H16FN3O/c1-15(2)11-7-16(8-11)12(17)14-10-5-3-9(13)4-6-10/h3-6,11H,7-8H2,1-2H3,(H,14,17). The highest BCUT2D eigenvalue weighted by Crippen LogP contribution is 2.15. The summed E-state index contributed by atoms with van der Waals surface area (Å²) >= 11 is 0. The highest BCUT2D eigenvalue weighted by molar-refractivity contribution is 5.89. The van der Waals surface area contributed by atoms with E-state index >= 15 is 0 Å². The van der Waals surface area contributed by atoms with Crippen molar-refractivity contribution in [3.05, 3.63) is 30.1 Å². The molecule has 2 rings (SSSR count). The Hall–Kier alpha value is -1.62. The summed E-state index contributed by atoms with van der Waals surface area (Å²) in [6.45, 7) is 1.47. The van der Waals surface area contributed by atoms with Gasteiger partial charge >= 0.3 is 6.03 Å². The van der Waals surface area contributed by atoms with Gasteiger partial charge in [0.2, 0.25) is 0 Å². The van der Waals surface area contributed by atoms with E-state index in [0.717, 1.165) is 13.1 Å². The van der Waals surface area contributed by atoms with Gasteiger partial charge in [-0.3, -0.25) is 0 Å². The van der Waals surface area contributed by atoms with E-state index in [1.165, 1.54) is 12.1 Å². The molecule has 1 aromatic carbocycles. The number of urea groups is 1. The Bertz CT molecular complexity index is 399. The molecule has 1 aliphatic heterocycles. The third-order valence-corrected chi connectivity index (χ3v) is 2.98. The van der Waals surface area contributed by atoms with Crippen LogP contribution in [-0.2, 0) is 0 Å². The summed E-state index contributed by atoms with van der Waals surface area (Å²) in [5.41, 5.74) is 0.615. The number of amides is 2. The van der Waals surface area contributed by atoms with Crippen LogP contribution in [0.15, 0.2) is 24.3 Å². The summed E-state index contributed by atoms with van der Waals surface area (Å²) in [5, 5.41) is 2.73. The zero-order valence-electron chi connectivity index (χ0n) is 9.98. The molecule has 1 N–H and O–H groups in total. The number of likely N-dealkylation sites (tertiary alicyclic amines) is 1. The Morgan fingerprint density at radius 3 is 2.47 bits per heavy atom. The van der Waals surface area contributed by atoms with Crippen molar-refractivity contribution in [1.82, 2.24) is 9.80 Å². The van der Waals surface area contributed by atoms with E-state index in [9.17, 15) is 9.18 Å². The normalized spacial score (nSPS) is 15.9. The highest BCUT2D eigenvalue weighted by Gasteiger charge is 2.31. The molecule has 0 saturated carbocycles. The summed E-state index contributed by atoms with van der Waals surface area (Å²) in [4.78, 5) is 15.6. The smallest absolute Gasteiger partial charge is 0.321 e. The van der Waals surface area contributed by atoms with Gasteiger partial charge in [0.25, 0.3) is 0 Å². The van der Waals surface area contributed by atoms with Crippen LogP contribution >= 0.6 is 0 Å². The van der Waals surface area contributed by atoms with Gasteiger partial charge < -0.3 is 15.1 Å². The number of carbonyl (C=O) groups excluding carboxylic acids is 1. The van der Waals surface area contributed by atoms with Gasteiger partial charge in [0.15, 0.2) is 0 Å². The molecule has 0 aliphatic carbocycles. The molecule has 0 atom stereocenters. The molecule has 4 nitrogen and oxygen atoms in total. The van der Waals surface area contributed by atoms with E-state index in [4.69, 9.17) is 0 Å². The lowest BCUT2D eigenvalue weighted by Crippen LogP contribution is -2.60. The van der Waals surface area contributed by atoms with Crippen molar-refractivity contribution in [2.24, 2.45) is 0 Å². The van der Waals surface area contributed by atoms with Crippen molar-refractivity contribution in [3.8, 4) is 0 Å². The van der Waals surface area contributed by atoms with Crippen molar-refractivity contribution in [1.29, 1.82) is 0 Å². The van der Waals surface area contributed by atoms with Crippen molar-refractivity contribution < 1.29 is 9.18 Å². The van der Waals surface area contributed by atoms with Crippen molar-refractivity contribution in [2.45, 2.75) is 6.04 Å². The molecule has 1 saturated heterocycles. The topological polar surface area (TPSA) is 35.6 Å². The molecule has 2 amide bonds. The number of hydrogen-bond donors (Lipinski definition) is 1. The predicted molar refractivity (Wildman–Crippen MR) is 64.5 cm³/mol. The van der Waals surface area contributed by atoms with E-state index < -0.39 is 0 Å². The zero-order chi connectivity index (χ0) is 12.4. The van der Waals surface area contributed by atoms with Gasteiger partial charge in [0.05, 0.1) is 0 Å². The number of hydrogen-bond acceptors (Lipinski definition) is 2. The molecule has 92 valence electrons. The van der Waals surface area contributed by atoms with Gasteiger partial charge in [-0.1, -0.05) is 0 Å². The molecule has 17 heavy (non-hydrogen) atoms. The number of benzene rings is 1. The number of anilines is 1. The first-order valence-corrected chi connectivity index (χ1v) is 5.54. The number of likely N-dealkylation sites (N-methyl/N-ethyl adjacent to an activating group) is 1. The average molecular weight is 237 g/mol. The Morgan fingerprint density at radius 1 is 1.35 bits per heavy atom. The first-order chi connectivity index (χ1) is 8.06. The molecule has 0 radical (unpaired) electrons. The number of nitrogens with one attached hydrogen (secondary N) is 1. The number of nitrogens with zero attached hydrogens (tertiary/aromatic N) is 2. The van der Waals surface area contributed by atoms with E-state index in [1.54, 1.807) is 17.0 Å². The number of halogens is 1. The van der Waals surface area contributed by atoms with E-state index in [1.807, 2.05) is 14.1 Å². The largest absolute Gasteiger partial charge is 0.321 e. The molecule has 0 spiro atoms. The Morgan fingerprint density at radius 2 is 1.94 bits per heavy atom. The molecule has 0 bridgehead atoms. The fourth-order valence-electron chi connectivity index (χ4n) is 1.68. The van der Waals surface area contributed by atoms with Crippen LogP contribution in [0.2, 0.25) is 0 Å². The monoisotopic (exact) mass is 237 g/mol. The Labute approximate surface area is 100 Å². The van der Waals surface area contributed by atoms with Gasteiger partial charge in [0, 0.05) is 24.8 Å². The molecule has 1 aromatic rings. The van der Waals surface area contributed by atoms with Crippen LogP contribution in [0, 0.1) is 5.82 Å². The van der Waals surface area contributed by atoms with Crippen LogP contribution in [-0.4, -0.2) is 49.1 Å². The van der Waals surface area contributed by atoms with E-state index in [0.29, 0.717) is 11.7 Å². The lowest BCUT2D eigenvalue weighted by atomic mass is 10.1. The maximum atomic E-state index is 12.7. The molecule has 1 heterocycles. The maximum absolute atomic E-state index is 12.7. The molecule has 0 aromatic heterocycles. The van der Waals surface area contributed by atoms with Gasteiger partial charge in [-0.2, -0.15) is 0 Å². The van der Waals surface area contributed by atoms with Crippen molar-refractivity contribution in [2.75, 3.05) is 32.5 Å². The van der Waals surface area contributed by atoms with Gasteiger partial charge in [-0.05, 0) is 38.4 Å². The lowest BCUT2D eigenvalue weighted by molar-refractivity contribution is 0.0942. The van der Waals surface area contributed by atoms with Crippen LogP contribution in [0.1, 0.15) is 0 Å². The van der Waals surface area contributed by atoms with Crippen molar-refractivity contribution in [3.63, 3.8) is 0 Å². The quantitative estimate of drug-likeness (QED) is 0.848. The van der Waals surface area contributed by atoms with Crippen LogP contribution < -0.4 is 5.32 Å². The summed E-state index contributed by atoms with van der Waals surface area (Å²) < 4.78 is 12.7. The predicted octanol–water partition coefficient (Wildman–Crippen LogP) is 1.60. The lowest BCUT2D eigenvalue weighted by Gasteiger charge is -2.42. The first kappa shape index (κ1) is 11.9. The van der Waals surface area contributed by atoms with E-state index in [-0.39, 0.29) is 11.8 Å². The van der Waals surface area contributed by atoms with Crippen LogP contribution in [0.4, 0.5) is 14.9 Å². The third kappa shape index (κ3) is 2.74. The summed E-state index contributed by atoms with van der Waals surface area (Å²) in [6.07, 6.45) is 0. The fourth-order valence-corrected chi connectivity index (χ4v) is 1.68. The fraction of sp³-hybridized carbons (Fsp3) is 0.417. The Kier molecular flexibility index (Phi) is 3.28. The van der Waals surface area contributed by atoms with Gasteiger partial charge in [-0.15, -0.1) is 0 Å². The minimum absolute atomic E-state index is 0.130. The minimum atomic E-state index is -0.306. The first-order valence-electron chi connectivity index (χ1n) is 5.54. The third-order valence-electron chi connectivity index (χ3n) is 2.98. The van der Waals surface area contributed by atoms with Crippen LogP contribution in [0.25, 0.3) is 0 Å². The van der Waals surface area contributed by atoms with E-state index in [2.05, 4.69) is 10.2 Å². The molecule has 1 fully saturated rings. The zero-order valence-corrected chi connectivity index (χ0v) is 9.98. The Balaban J connectivity index is 1.85.